The Balaban J connectivity index is 1.54. The first-order valence-corrected chi connectivity index (χ1v) is 11.6. The first kappa shape index (κ1) is 21.5. The first-order valence-electron chi connectivity index (χ1n) is 10.2. The van der Waals surface area contributed by atoms with E-state index in [1.165, 1.54) is 9.87 Å². The molecule has 0 bridgehead atoms. The molecule has 1 aliphatic heterocycles. The third kappa shape index (κ3) is 5.25. The molecule has 3 rings (SSSR count). The van der Waals surface area contributed by atoms with E-state index in [-0.39, 0.29) is 11.8 Å². The van der Waals surface area contributed by atoms with Gasteiger partial charge in [-0.1, -0.05) is 55.8 Å². The Labute approximate surface area is 174 Å². The van der Waals surface area contributed by atoms with Crippen molar-refractivity contribution in [2.75, 3.05) is 13.1 Å². The molecule has 0 aromatic heterocycles. The summed E-state index contributed by atoms with van der Waals surface area (Å²) in [4.78, 5) is 12.8. The van der Waals surface area contributed by atoms with E-state index < -0.39 is 10.0 Å². The summed E-state index contributed by atoms with van der Waals surface area (Å²) in [5.74, 6) is 0.222. The lowest BCUT2D eigenvalue weighted by atomic mass is 9.97. The normalized spacial score (nSPS) is 16.1. The zero-order chi connectivity index (χ0) is 21.0. The maximum Gasteiger partial charge on any atom is 0.243 e. The third-order valence-corrected chi connectivity index (χ3v) is 7.51. The van der Waals surface area contributed by atoms with Crippen LogP contribution in [0.1, 0.15) is 49.3 Å². The SMILES string of the molecule is Cc1ccc(CNC(=O)C2CCN(S(=O)(=O)c3ccc(C(C)C)cc3)CC2)cc1. The van der Waals surface area contributed by atoms with Crippen molar-refractivity contribution in [2.45, 2.75) is 51.0 Å². The van der Waals surface area contributed by atoms with Crippen LogP contribution in [0.4, 0.5) is 0 Å². The molecule has 1 amide bonds. The minimum absolute atomic E-state index is 0.00362. The van der Waals surface area contributed by atoms with E-state index in [2.05, 4.69) is 19.2 Å². The summed E-state index contributed by atoms with van der Waals surface area (Å²) < 4.78 is 27.3. The van der Waals surface area contributed by atoms with Gasteiger partial charge in [-0.15, -0.1) is 0 Å². The van der Waals surface area contributed by atoms with Crippen LogP contribution in [0.3, 0.4) is 0 Å². The largest absolute Gasteiger partial charge is 0.352 e. The number of carbonyl (C=O) groups excluding carboxylic acids is 1. The lowest BCUT2D eigenvalue weighted by Crippen LogP contribution is -2.42. The van der Waals surface area contributed by atoms with Gasteiger partial charge in [0.1, 0.15) is 0 Å². The number of aryl methyl sites for hydroxylation is 1. The maximum atomic E-state index is 12.9. The number of hydrogen-bond donors (Lipinski definition) is 1. The van der Waals surface area contributed by atoms with Gasteiger partial charge in [-0.2, -0.15) is 4.31 Å². The first-order chi connectivity index (χ1) is 13.8. The molecule has 1 N–H and O–H groups in total. The van der Waals surface area contributed by atoms with Gasteiger partial charge in [0, 0.05) is 25.6 Å². The van der Waals surface area contributed by atoms with Crippen molar-refractivity contribution in [3.05, 3.63) is 65.2 Å². The molecule has 0 unspecified atom stereocenters. The number of nitrogens with zero attached hydrogens (tertiary/aromatic N) is 1. The highest BCUT2D eigenvalue weighted by Crippen LogP contribution is 2.25. The van der Waals surface area contributed by atoms with Crippen molar-refractivity contribution in [2.24, 2.45) is 5.92 Å². The zero-order valence-corrected chi connectivity index (χ0v) is 18.2. The Hall–Kier alpha value is -2.18. The summed E-state index contributed by atoms with van der Waals surface area (Å²) in [5, 5.41) is 2.98. The standard InChI is InChI=1S/C23H30N2O3S/c1-17(2)20-8-10-22(11-9-20)29(27,28)25-14-12-21(13-15-25)23(26)24-16-19-6-4-18(3)5-7-19/h4-11,17,21H,12-16H2,1-3H3,(H,24,26). The van der Waals surface area contributed by atoms with Crippen LogP contribution in [0.15, 0.2) is 53.4 Å². The fraction of sp³-hybridized carbons (Fsp3) is 0.435. The Morgan fingerprint density at radius 2 is 1.62 bits per heavy atom. The molecule has 0 saturated carbocycles. The van der Waals surface area contributed by atoms with Gasteiger partial charge < -0.3 is 5.32 Å². The lowest BCUT2D eigenvalue weighted by molar-refractivity contribution is -0.126. The molecule has 156 valence electrons. The van der Waals surface area contributed by atoms with E-state index in [1.54, 1.807) is 12.1 Å². The summed E-state index contributed by atoms with van der Waals surface area (Å²) in [6.07, 6.45) is 1.09. The fourth-order valence-electron chi connectivity index (χ4n) is 3.57. The van der Waals surface area contributed by atoms with Crippen LogP contribution < -0.4 is 5.32 Å². The van der Waals surface area contributed by atoms with Gasteiger partial charge in [0.2, 0.25) is 15.9 Å². The number of nitrogens with one attached hydrogen (secondary N) is 1. The third-order valence-electron chi connectivity index (χ3n) is 5.60. The van der Waals surface area contributed by atoms with Crippen molar-refractivity contribution in [3.8, 4) is 0 Å². The highest BCUT2D eigenvalue weighted by atomic mass is 32.2. The van der Waals surface area contributed by atoms with Crippen molar-refractivity contribution >= 4 is 15.9 Å². The van der Waals surface area contributed by atoms with Gasteiger partial charge in [-0.3, -0.25) is 4.79 Å². The number of sulfonamides is 1. The second-order valence-corrected chi connectivity index (χ2v) is 10.0. The number of piperidine rings is 1. The molecule has 1 saturated heterocycles. The summed E-state index contributed by atoms with van der Waals surface area (Å²) in [6.45, 7) is 7.44. The highest BCUT2D eigenvalue weighted by Gasteiger charge is 2.32. The second kappa shape index (κ2) is 9.09. The molecule has 29 heavy (non-hydrogen) atoms. The fourth-order valence-corrected chi connectivity index (χ4v) is 5.04. The number of carbonyl (C=O) groups is 1. The summed E-state index contributed by atoms with van der Waals surface area (Å²) >= 11 is 0. The van der Waals surface area contributed by atoms with Crippen LogP contribution in [0.5, 0.6) is 0 Å². The quantitative estimate of drug-likeness (QED) is 0.781. The van der Waals surface area contributed by atoms with Crippen LogP contribution in [-0.2, 0) is 21.4 Å². The van der Waals surface area contributed by atoms with Crippen molar-refractivity contribution in [3.63, 3.8) is 0 Å². The summed E-state index contributed by atoms with van der Waals surface area (Å²) in [7, 11) is -3.51. The maximum absolute atomic E-state index is 12.9. The van der Waals surface area contributed by atoms with Crippen LogP contribution in [0.2, 0.25) is 0 Å². The predicted molar refractivity (Wildman–Crippen MR) is 115 cm³/mol. The van der Waals surface area contributed by atoms with Gasteiger partial charge in [0.25, 0.3) is 0 Å². The predicted octanol–water partition coefficient (Wildman–Crippen LogP) is 3.84. The highest BCUT2D eigenvalue weighted by molar-refractivity contribution is 7.89. The van der Waals surface area contributed by atoms with Crippen LogP contribution in [0.25, 0.3) is 0 Å². The van der Waals surface area contributed by atoms with E-state index in [1.807, 2.05) is 43.3 Å². The van der Waals surface area contributed by atoms with Crippen LogP contribution in [0, 0.1) is 12.8 Å². The minimum atomic E-state index is -3.51. The molecule has 0 spiro atoms. The Morgan fingerprint density at radius 3 is 2.17 bits per heavy atom. The van der Waals surface area contributed by atoms with E-state index >= 15 is 0 Å². The van der Waals surface area contributed by atoms with Gasteiger partial charge in [0.05, 0.1) is 4.90 Å². The smallest absolute Gasteiger partial charge is 0.243 e. The van der Waals surface area contributed by atoms with E-state index in [9.17, 15) is 13.2 Å². The lowest BCUT2D eigenvalue weighted by Gasteiger charge is -2.30. The number of amides is 1. The average Bonchev–Trinajstić information content (AvgIpc) is 2.73. The van der Waals surface area contributed by atoms with Crippen molar-refractivity contribution < 1.29 is 13.2 Å². The van der Waals surface area contributed by atoms with Crippen LogP contribution in [-0.4, -0.2) is 31.7 Å². The molecule has 0 atom stereocenters. The van der Waals surface area contributed by atoms with Crippen molar-refractivity contribution in [1.82, 2.24) is 9.62 Å². The Bertz CT molecular complexity index is 927. The zero-order valence-electron chi connectivity index (χ0n) is 17.4. The molecular formula is C23H30N2O3S. The summed E-state index contributed by atoms with van der Waals surface area (Å²) in [5.41, 5.74) is 3.37. The molecule has 0 aliphatic carbocycles. The summed E-state index contributed by atoms with van der Waals surface area (Å²) in [6, 6.07) is 15.2. The molecule has 2 aromatic rings. The Kier molecular flexibility index (Phi) is 6.75. The monoisotopic (exact) mass is 414 g/mol. The van der Waals surface area contributed by atoms with Gasteiger partial charge in [-0.25, -0.2) is 8.42 Å². The van der Waals surface area contributed by atoms with Crippen molar-refractivity contribution in [1.29, 1.82) is 0 Å². The minimum Gasteiger partial charge on any atom is -0.352 e. The van der Waals surface area contributed by atoms with Crippen LogP contribution >= 0.6 is 0 Å². The van der Waals surface area contributed by atoms with Gasteiger partial charge in [-0.05, 0) is 48.9 Å². The molecule has 1 aliphatic rings. The van der Waals surface area contributed by atoms with E-state index in [0.717, 1.165) is 11.1 Å². The van der Waals surface area contributed by atoms with E-state index in [0.29, 0.717) is 43.3 Å². The number of rotatable bonds is 6. The van der Waals surface area contributed by atoms with Gasteiger partial charge >= 0.3 is 0 Å². The molecule has 6 heteroatoms. The Morgan fingerprint density at radius 1 is 1.03 bits per heavy atom. The molecule has 0 radical (unpaired) electrons. The molecule has 1 heterocycles. The average molecular weight is 415 g/mol. The molecule has 1 fully saturated rings. The second-order valence-electron chi connectivity index (χ2n) is 8.11. The topological polar surface area (TPSA) is 66.5 Å². The number of hydrogen-bond acceptors (Lipinski definition) is 3. The molecular weight excluding hydrogens is 384 g/mol. The van der Waals surface area contributed by atoms with E-state index in [4.69, 9.17) is 0 Å². The molecule has 2 aromatic carbocycles. The number of benzene rings is 2. The van der Waals surface area contributed by atoms with Gasteiger partial charge in [0.15, 0.2) is 0 Å². The molecule has 5 nitrogen and oxygen atoms in total.